The summed E-state index contributed by atoms with van der Waals surface area (Å²) in [6, 6.07) is 15.6. The summed E-state index contributed by atoms with van der Waals surface area (Å²) in [4.78, 5) is 34.5. The molecule has 0 radical (unpaired) electrons. The molecule has 0 aliphatic heterocycles. The van der Waals surface area contributed by atoms with Crippen LogP contribution in [0.1, 0.15) is 42.0 Å². The average Bonchev–Trinajstić information content (AvgIpc) is 3.54. The molecule has 0 aliphatic rings. The molecule has 10 heteroatoms. The van der Waals surface area contributed by atoms with Crippen LogP contribution in [0.15, 0.2) is 69.9 Å². The molecule has 8 nitrogen and oxygen atoms in total. The maximum absolute atomic E-state index is 11.8. The first-order chi connectivity index (χ1) is 17.4. The van der Waals surface area contributed by atoms with Crippen LogP contribution in [0.3, 0.4) is 0 Å². The highest BCUT2D eigenvalue weighted by atomic mass is 79.9. The van der Waals surface area contributed by atoms with Crippen LogP contribution < -0.4 is 0 Å². The molecular formula is C26H26Br2N4O4. The van der Waals surface area contributed by atoms with Crippen molar-refractivity contribution in [2.24, 2.45) is 0 Å². The quantitative estimate of drug-likeness (QED) is 0.237. The number of H-pyrrole nitrogens is 1. The predicted octanol–water partition coefficient (Wildman–Crippen LogP) is 6.53. The highest BCUT2D eigenvalue weighted by molar-refractivity contribution is 9.10. The minimum Gasteiger partial charge on any atom is -0.460 e. The second-order valence-electron chi connectivity index (χ2n) is 7.34. The van der Waals surface area contributed by atoms with Crippen LogP contribution in [-0.2, 0) is 16.0 Å². The second kappa shape index (κ2) is 13.2. The number of benzene rings is 2. The molecule has 188 valence electrons. The monoisotopic (exact) mass is 616 g/mol. The van der Waals surface area contributed by atoms with Crippen LogP contribution in [0.2, 0.25) is 0 Å². The fraction of sp³-hybridized carbons (Fsp3) is 0.231. The molecule has 0 saturated heterocycles. The van der Waals surface area contributed by atoms with E-state index in [1.165, 1.54) is 0 Å². The predicted molar refractivity (Wildman–Crippen MR) is 145 cm³/mol. The first-order valence-corrected chi connectivity index (χ1v) is 12.9. The van der Waals surface area contributed by atoms with Crippen LogP contribution >= 0.6 is 31.9 Å². The first kappa shape index (κ1) is 27.3. The number of hydrogen-bond donors (Lipinski definition) is 1. The third kappa shape index (κ3) is 7.14. The highest BCUT2D eigenvalue weighted by Crippen LogP contribution is 2.22. The van der Waals surface area contributed by atoms with Gasteiger partial charge in [-0.1, -0.05) is 56.1 Å². The Morgan fingerprint density at radius 1 is 0.861 bits per heavy atom. The number of aromatic nitrogens is 4. The fourth-order valence-electron chi connectivity index (χ4n) is 3.18. The van der Waals surface area contributed by atoms with E-state index < -0.39 is 5.97 Å². The zero-order chi connectivity index (χ0) is 26.1. The molecule has 4 rings (SSSR count). The molecular weight excluding hydrogens is 592 g/mol. The third-order valence-electron chi connectivity index (χ3n) is 4.92. The van der Waals surface area contributed by atoms with Crippen molar-refractivity contribution in [3.05, 3.63) is 81.5 Å². The Hall–Kier alpha value is -3.24. The summed E-state index contributed by atoms with van der Waals surface area (Å²) in [6.45, 7) is 6.88. The van der Waals surface area contributed by atoms with Gasteiger partial charge in [0.25, 0.3) is 0 Å². The van der Waals surface area contributed by atoms with Crippen molar-refractivity contribution >= 4 is 43.8 Å². The second-order valence-corrected chi connectivity index (χ2v) is 9.17. The molecule has 0 unspecified atom stereocenters. The number of carbonyl (C=O) groups excluding carboxylic acids is 2. The molecule has 0 aliphatic carbocycles. The van der Waals surface area contributed by atoms with Crippen LogP contribution in [0.25, 0.3) is 22.5 Å². The average molecular weight is 618 g/mol. The van der Waals surface area contributed by atoms with Gasteiger partial charge in [0.15, 0.2) is 0 Å². The van der Waals surface area contributed by atoms with Gasteiger partial charge in [-0.15, -0.1) is 0 Å². The highest BCUT2D eigenvalue weighted by Gasteiger charge is 2.17. The van der Waals surface area contributed by atoms with Gasteiger partial charge in [-0.2, -0.15) is 0 Å². The van der Waals surface area contributed by atoms with Crippen molar-refractivity contribution in [3.8, 4) is 22.5 Å². The van der Waals surface area contributed by atoms with E-state index in [2.05, 4.69) is 46.8 Å². The Kier molecular flexibility index (Phi) is 10.0. The van der Waals surface area contributed by atoms with Crippen molar-refractivity contribution in [2.45, 2.75) is 27.3 Å². The van der Waals surface area contributed by atoms with Crippen LogP contribution in [-0.4, -0.2) is 44.7 Å². The molecule has 2 aromatic carbocycles. The fourth-order valence-corrected chi connectivity index (χ4v) is 3.70. The Labute approximate surface area is 226 Å². The molecule has 1 N–H and O–H groups in total. The van der Waals surface area contributed by atoms with Gasteiger partial charge >= 0.3 is 11.9 Å². The van der Waals surface area contributed by atoms with E-state index in [0.717, 1.165) is 31.5 Å². The minimum atomic E-state index is -0.434. The van der Waals surface area contributed by atoms with Gasteiger partial charge in [-0.3, -0.25) is 0 Å². The maximum Gasteiger partial charge on any atom is 0.374 e. The largest absolute Gasteiger partial charge is 0.460 e. The molecule has 0 spiro atoms. The summed E-state index contributed by atoms with van der Waals surface area (Å²) in [6.07, 6.45) is 3.49. The number of esters is 2. The summed E-state index contributed by atoms with van der Waals surface area (Å²) in [5, 5.41) is 0. The van der Waals surface area contributed by atoms with Gasteiger partial charge < -0.3 is 19.0 Å². The number of aryl methyl sites for hydroxylation is 1. The van der Waals surface area contributed by atoms with E-state index >= 15 is 0 Å². The number of ether oxygens (including phenoxy) is 2. The van der Waals surface area contributed by atoms with E-state index in [0.29, 0.717) is 25.6 Å². The van der Waals surface area contributed by atoms with E-state index in [-0.39, 0.29) is 11.8 Å². The molecule has 0 atom stereocenters. The number of rotatable bonds is 7. The molecule has 0 saturated carbocycles. The molecule has 36 heavy (non-hydrogen) atoms. The van der Waals surface area contributed by atoms with E-state index in [9.17, 15) is 9.59 Å². The smallest absolute Gasteiger partial charge is 0.374 e. The maximum atomic E-state index is 11.8. The Balaban J connectivity index is 0.000000202. The van der Waals surface area contributed by atoms with E-state index in [1.807, 2.05) is 61.7 Å². The summed E-state index contributed by atoms with van der Waals surface area (Å²) < 4.78 is 13.7. The lowest BCUT2D eigenvalue weighted by molar-refractivity contribution is 0.0500. The minimum absolute atomic E-state index is 0.227. The van der Waals surface area contributed by atoms with Gasteiger partial charge in [0, 0.05) is 27.3 Å². The number of nitrogens with zero attached hydrogens (tertiary/aromatic N) is 3. The van der Waals surface area contributed by atoms with Crippen molar-refractivity contribution in [1.82, 2.24) is 19.5 Å². The van der Waals surface area contributed by atoms with Crippen LogP contribution in [0.5, 0.6) is 0 Å². The summed E-state index contributed by atoms with van der Waals surface area (Å²) in [5.41, 5.74) is 3.51. The van der Waals surface area contributed by atoms with Crippen LogP contribution in [0, 0.1) is 0 Å². The summed E-state index contributed by atoms with van der Waals surface area (Å²) >= 11 is 6.76. The standard InChI is InChI=1S/C14H15BrN2O2.C12H11BrN2O2/c1-3-17-9-12(10-5-7-11(15)8-6-10)16-13(17)14(18)19-4-2;1-2-17-12(16)11-14-7-10(15-11)8-3-5-9(13)6-4-8/h5-9H,3-4H2,1-2H3;3-7H,2H2,1H3,(H,14,15). The van der Waals surface area contributed by atoms with Crippen LogP contribution in [0.4, 0.5) is 0 Å². The Morgan fingerprint density at radius 3 is 1.97 bits per heavy atom. The normalized spacial score (nSPS) is 10.4. The Morgan fingerprint density at radius 2 is 1.42 bits per heavy atom. The zero-order valence-corrected chi connectivity index (χ0v) is 23.3. The lowest BCUT2D eigenvalue weighted by Crippen LogP contribution is -2.12. The molecule has 0 bridgehead atoms. The number of hydrogen-bond acceptors (Lipinski definition) is 6. The summed E-state index contributed by atoms with van der Waals surface area (Å²) in [5.74, 6) is -0.240. The van der Waals surface area contributed by atoms with Crippen molar-refractivity contribution in [2.75, 3.05) is 13.2 Å². The molecule has 0 fully saturated rings. The number of halogens is 2. The number of nitrogens with one attached hydrogen (secondary N) is 1. The lowest BCUT2D eigenvalue weighted by atomic mass is 10.2. The zero-order valence-electron chi connectivity index (χ0n) is 20.1. The number of carbonyl (C=O) groups is 2. The SMILES string of the molecule is CCOC(=O)c1nc(-c2ccc(Br)cc2)cn1CC.CCOC(=O)c1ncc(-c2ccc(Br)cc2)[nH]1. The molecule has 2 heterocycles. The molecule has 4 aromatic rings. The number of aromatic amines is 1. The van der Waals surface area contributed by atoms with E-state index in [4.69, 9.17) is 9.47 Å². The van der Waals surface area contributed by atoms with Crippen molar-refractivity contribution in [1.29, 1.82) is 0 Å². The third-order valence-corrected chi connectivity index (χ3v) is 5.97. The van der Waals surface area contributed by atoms with Gasteiger partial charge in [-0.25, -0.2) is 19.6 Å². The molecule has 0 amide bonds. The van der Waals surface area contributed by atoms with Gasteiger partial charge in [-0.05, 0) is 50.6 Å². The van der Waals surface area contributed by atoms with Crippen molar-refractivity contribution in [3.63, 3.8) is 0 Å². The number of imidazole rings is 2. The van der Waals surface area contributed by atoms with E-state index in [1.54, 1.807) is 24.6 Å². The lowest BCUT2D eigenvalue weighted by Gasteiger charge is -2.02. The van der Waals surface area contributed by atoms with Gasteiger partial charge in [0.1, 0.15) is 0 Å². The van der Waals surface area contributed by atoms with Gasteiger partial charge in [0.2, 0.25) is 11.6 Å². The summed E-state index contributed by atoms with van der Waals surface area (Å²) in [7, 11) is 0. The first-order valence-electron chi connectivity index (χ1n) is 11.3. The Bertz CT molecular complexity index is 1300. The van der Waals surface area contributed by atoms with Gasteiger partial charge in [0.05, 0.1) is 30.8 Å². The topological polar surface area (TPSA) is 99.1 Å². The molecule has 2 aromatic heterocycles. The van der Waals surface area contributed by atoms with Crippen molar-refractivity contribution < 1.29 is 19.1 Å².